The summed E-state index contributed by atoms with van der Waals surface area (Å²) in [6.07, 6.45) is 9.78. The van der Waals surface area contributed by atoms with Crippen LogP contribution in [0.15, 0.2) is 72.0 Å². The molecule has 5 heteroatoms. The zero-order valence-electron chi connectivity index (χ0n) is 24.0. The molecule has 0 aliphatic heterocycles. The molecule has 0 spiro atoms. The Hall–Kier alpha value is -3.73. The summed E-state index contributed by atoms with van der Waals surface area (Å²) >= 11 is 0. The highest BCUT2D eigenvalue weighted by Gasteiger charge is 2.24. The number of carboxylic acids is 1. The monoisotopic (exact) mass is 536 g/mol. The standard InChI is InChI=1S/C35H40N2O3/c1-21(2)29-15-5-22(3)17-32(29)37-35(40)31-18-23(4)36-33-20-28(14-16-30(31)33)27-12-10-26(11-13-27)25-8-6-24(7-9-25)19-34(38)39/h10-18,20-22,24-25H,5-9,19H2,1-4H3,(H,37,40)(H,38,39). The Morgan fingerprint density at radius 2 is 1.70 bits per heavy atom. The summed E-state index contributed by atoms with van der Waals surface area (Å²) in [6, 6.07) is 16.8. The number of allylic oxidation sites excluding steroid dienone is 3. The first kappa shape index (κ1) is 27.8. The number of nitrogens with one attached hydrogen (secondary N) is 1. The molecule has 0 radical (unpaired) electrons. The predicted octanol–water partition coefficient (Wildman–Crippen LogP) is 8.19. The van der Waals surface area contributed by atoms with Crippen LogP contribution in [0.25, 0.3) is 22.0 Å². The maximum absolute atomic E-state index is 13.5. The van der Waals surface area contributed by atoms with E-state index in [0.717, 1.165) is 65.5 Å². The summed E-state index contributed by atoms with van der Waals surface area (Å²) in [4.78, 5) is 29.4. The number of nitrogens with zero attached hydrogens (tertiary/aromatic N) is 1. The third kappa shape index (κ3) is 6.19. The molecule has 2 aliphatic carbocycles. The van der Waals surface area contributed by atoms with Crippen LogP contribution in [0.3, 0.4) is 0 Å². The van der Waals surface area contributed by atoms with Gasteiger partial charge in [0.15, 0.2) is 0 Å². The van der Waals surface area contributed by atoms with Crippen molar-refractivity contribution in [3.05, 3.63) is 88.8 Å². The van der Waals surface area contributed by atoms with Crippen molar-refractivity contribution in [3.63, 3.8) is 0 Å². The Labute approximate surface area is 237 Å². The van der Waals surface area contributed by atoms with Gasteiger partial charge in [-0.2, -0.15) is 0 Å². The van der Waals surface area contributed by atoms with Gasteiger partial charge in [0.1, 0.15) is 0 Å². The number of rotatable bonds is 7. The van der Waals surface area contributed by atoms with Gasteiger partial charge in [-0.05, 0) is 97.1 Å². The molecule has 0 bridgehead atoms. The first-order valence-electron chi connectivity index (χ1n) is 14.6. The zero-order valence-corrected chi connectivity index (χ0v) is 24.0. The van der Waals surface area contributed by atoms with E-state index in [2.05, 4.69) is 74.6 Å². The highest BCUT2D eigenvalue weighted by atomic mass is 16.4. The lowest BCUT2D eigenvalue weighted by atomic mass is 9.77. The van der Waals surface area contributed by atoms with E-state index in [1.54, 1.807) is 0 Å². The zero-order chi connectivity index (χ0) is 28.4. The lowest BCUT2D eigenvalue weighted by Crippen LogP contribution is -2.27. The molecule has 1 heterocycles. The number of hydrogen-bond donors (Lipinski definition) is 2. The van der Waals surface area contributed by atoms with Gasteiger partial charge in [-0.25, -0.2) is 0 Å². The van der Waals surface area contributed by atoms with Crippen molar-refractivity contribution in [2.45, 2.75) is 72.1 Å². The average molecular weight is 537 g/mol. The van der Waals surface area contributed by atoms with E-state index in [0.29, 0.717) is 29.2 Å². The summed E-state index contributed by atoms with van der Waals surface area (Å²) in [6.45, 7) is 8.43. The van der Waals surface area contributed by atoms with Crippen molar-refractivity contribution in [2.24, 2.45) is 17.8 Å². The molecule has 2 aromatic carbocycles. The van der Waals surface area contributed by atoms with Crippen molar-refractivity contribution < 1.29 is 14.7 Å². The molecule has 0 saturated heterocycles. The van der Waals surface area contributed by atoms with Gasteiger partial charge in [0.25, 0.3) is 5.91 Å². The van der Waals surface area contributed by atoms with Crippen LogP contribution in [0.4, 0.5) is 0 Å². The van der Waals surface area contributed by atoms with Crippen LogP contribution in [0, 0.1) is 24.7 Å². The van der Waals surface area contributed by atoms with Gasteiger partial charge >= 0.3 is 5.97 Å². The van der Waals surface area contributed by atoms with Crippen LogP contribution < -0.4 is 5.32 Å². The van der Waals surface area contributed by atoms with Gasteiger partial charge in [-0.1, -0.05) is 69.3 Å². The molecule has 1 unspecified atom stereocenters. The van der Waals surface area contributed by atoms with E-state index < -0.39 is 5.97 Å². The smallest absolute Gasteiger partial charge is 0.303 e. The molecular formula is C35H40N2O3. The number of aromatic nitrogens is 1. The Morgan fingerprint density at radius 1 is 1.00 bits per heavy atom. The second-order valence-electron chi connectivity index (χ2n) is 12.0. The van der Waals surface area contributed by atoms with Gasteiger partial charge in [0.2, 0.25) is 0 Å². The van der Waals surface area contributed by atoms with Crippen molar-refractivity contribution in [3.8, 4) is 11.1 Å². The predicted molar refractivity (Wildman–Crippen MR) is 161 cm³/mol. The second-order valence-corrected chi connectivity index (χ2v) is 12.0. The first-order valence-corrected chi connectivity index (χ1v) is 14.6. The number of amides is 1. The van der Waals surface area contributed by atoms with E-state index in [4.69, 9.17) is 10.1 Å². The SMILES string of the molecule is Cc1cc(C(=O)NC2=CC(C)CC=C2C(C)C)c2ccc(-c3ccc(C4CCC(CC(=O)O)CC4)cc3)cc2n1. The van der Waals surface area contributed by atoms with Crippen LogP contribution in [-0.4, -0.2) is 22.0 Å². The highest BCUT2D eigenvalue weighted by Crippen LogP contribution is 2.38. The number of carbonyl (C=O) groups excluding carboxylic acids is 1. The molecule has 40 heavy (non-hydrogen) atoms. The molecule has 1 amide bonds. The van der Waals surface area contributed by atoms with Gasteiger partial charge in [0.05, 0.1) is 11.1 Å². The molecule has 2 N–H and O–H groups in total. The van der Waals surface area contributed by atoms with Crippen molar-refractivity contribution >= 4 is 22.8 Å². The van der Waals surface area contributed by atoms with E-state index in [-0.39, 0.29) is 12.3 Å². The summed E-state index contributed by atoms with van der Waals surface area (Å²) < 4.78 is 0. The van der Waals surface area contributed by atoms with Crippen LogP contribution in [0.2, 0.25) is 0 Å². The molecule has 1 aromatic heterocycles. The second kappa shape index (κ2) is 11.8. The Kier molecular flexibility index (Phi) is 8.20. The maximum atomic E-state index is 13.5. The van der Waals surface area contributed by atoms with Gasteiger partial charge < -0.3 is 10.4 Å². The quantitative estimate of drug-likeness (QED) is 0.319. The Bertz CT molecular complexity index is 1470. The molecule has 5 nitrogen and oxygen atoms in total. The van der Waals surface area contributed by atoms with E-state index in [1.165, 1.54) is 11.1 Å². The minimum absolute atomic E-state index is 0.0995. The molecule has 2 aliphatic rings. The van der Waals surface area contributed by atoms with Gasteiger partial charge in [-0.15, -0.1) is 0 Å². The van der Waals surface area contributed by atoms with Crippen molar-refractivity contribution in [1.82, 2.24) is 10.3 Å². The lowest BCUT2D eigenvalue weighted by Gasteiger charge is -2.28. The minimum Gasteiger partial charge on any atom is -0.481 e. The Balaban J connectivity index is 1.35. The van der Waals surface area contributed by atoms with Crippen LogP contribution in [0.5, 0.6) is 0 Å². The summed E-state index contributed by atoms with van der Waals surface area (Å²) in [5.74, 6) is 0.761. The molecular weight excluding hydrogens is 496 g/mol. The number of fused-ring (bicyclic) bond motifs is 1. The van der Waals surface area contributed by atoms with Crippen LogP contribution in [-0.2, 0) is 4.79 Å². The van der Waals surface area contributed by atoms with Gasteiger partial charge in [0, 0.05) is 23.2 Å². The molecule has 208 valence electrons. The third-order valence-electron chi connectivity index (χ3n) is 8.55. The number of carboxylic acid groups (broad SMARTS) is 1. The maximum Gasteiger partial charge on any atom is 0.303 e. The largest absolute Gasteiger partial charge is 0.481 e. The van der Waals surface area contributed by atoms with Crippen molar-refractivity contribution in [2.75, 3.05) is 0 Å². The molecule has 1 saturated carbocycles. The molecule has 5 rings (SSSR count). The number of aliphatic carboxylic acids is 1. The van der Waals surface area contributed by atoms with E-state index in [1.807, 2.05) is 19.1 Å². The molecule has 3 aromatic rings. The highest BCUT2D eigenvalue weighted by molar-refractivity contribution is 6.07. The number of hydrogen-bond acceptors (Lipinski definition) is 3. The lowest BCUT2D eigenvalue weighted by molar-refractivity contribution is -0.138. The molecule has 1 fully saturated rings. The van der Waals surface area contributed by atoms with Gasteiger partial charge in [-0.3, -0.25) is 14.6 Å². The number of aryl methyl sites for hydroxylation is 1. The fourth-order valence-corrected chi connectivity index (χ4v) is 6.34. The van der Waals surface area contributed by atoms with E-state index in [9.17, 15) is 9.59 Å². The summed E-state index contributed by atoms with van der Waals surface area (Å²) in [5.41, 5.74) is 7.91. The summed E-state index contributed by atoms with van der Waals surface area (Å²) in [7, 11) is 0. The van der Waals surface area contributed by atoms with Crippen LogP contribution >= 0.6 is 0 Å². The van der Waals surface area contributed by atoms with Crippen molar-refractivity contribution in [1.29, 1.82) is 0 Å². The Morgan fingerprint density at radius 3 is 2.38 bits per heavy atom. The number of carbonyl (C=O) groups is 2. The van der Waals surface area contributed by atoms with Crippen LogP contribution in [0.1, 0.15) is 86.8 Å². The normalized spacial score (nSPS) is 21.2. The topological polar surface area (TPSA) is 79.3 Å². The number of pyridine rings is 1. The third-order valence-corrected chi connectivity index (χ3v) is 8.55. The summed E-state index contributed by atoms with van der Waals surface area (Å²) in [5, 5.41) is 13.1. The minimum atomic E-state index is -0.686. The molecule has 1 atom stereocenters. The first-order chi connectivity index (χ1) is 19.2. The number of benzene rings is 2. The fraction of sp³-hybridized carbons (Fsp3) is 0.400. The average Bonchev–Trinajstić information content (AvgIpc) is 2.92. The fourth-order valence-electron chi connectivity index (χ4n) is 6.34. The van der Waals surface area contributed by atoms with E-state index >= 15 is 0 Å².